The molecule has 2 aromatic heterocycles. The van der Waals surface area contributed by atoms with Gasteiger partial charge in [0.2, 0.25) is 0 Å². The second-order valence-corrected chi connectivity index (χ2v) is 5.73. The molecule has 1 aliphatic heterocycles. The highest BCUT2D eigenvalue weighted by molar-refractivity contribution is 7.07. The van der Waals surface area contributed by atoms with Gasteiger partial charge in [0.05, 0.1) is 30.5 Å². The Morgan fingerprint density at radius 2 is 2.32 bits per heavy atom. The van der Waals surface area contributed by atoms with Gasteiger partial charge in [-0.3, -0.25) is 9.78 Å². The molecule has 1 fully saturated rings. The molecule has 0 unspecified atom stereocenters. The summed E-state index contributed by atoms with van der Waals surface area (Å²) in [5.41, 5.74) is 3.27. The van der Waals surface area contributed by atoms with Gasteiger partial charge >= 0.3 is 0 Å². The quantitative estimate of drug-likeness (QED) is 0.907. The molecule has 0 aliphatic carbocycles. The zero-order valence-electron chi connectivity index (χ0n) is 12.0. The summed E-state index contributed by atoms with van der Waals surface area (Å²) in [6, 6.07) is 3.33. The van der Waals surface area contributed by atoms with Crippen LogP contribution in [0.15, 0.2) is 35.4 Å². The molecule has 22 heavy (non-hydrogen) atoms. The molecular weight excluding hydrogens is 302 g/mol. The predicted octanol–water partition coefficient (Wildman–Crippen LogP) is 1.64. The minimum Gasteiger partial charge on any atom is -0.379 e. The van der Waals surface area contributed by atoms with Crippen LogP contribution in [-0.4, -0.2) is 41.2 Å². The van der Waals surface area contributed by atoms with E-state index < -0.39 is 0 Å². The van der Waals surface area contributed by atoms with Crippen LogP contribution in [0.3, 0.4) is 0 Å². The maximum Gasteiger partial charge on any atom is 0.251 e. The largest absolute Gasteiger partial charge is 0.379 e. The van der Waals surface area contributed by atoms with E-state index in [0.717, 1.165) is 12.1 Å². The van der Waals surface area contributed by atoms with E-state index in [1.807, 2.05) is 5.38 Å². The highest BCUT2D eigenvalue weighted by atomic mass is 32.1. The Kier molecular flexibility index (Phi) is 5.10. The molecule has 0 aromatic carbocycles. The molecule has 1 amide bonds. The van der Waals surface area contributed by atoms with Gasteiger partial charge < -0.3 is 14.8 Å². The van der Waals surface area contributed by atoms with Gasteiger partial charge in [-0.2, -0.15) is 0 Å². The first-order valence-electron chi connectivity index (χ1n) is 7.10. The number of nitrogens with zero attached hydrogens (tertiary/aromatic N) is 2. The van der Waals surface area contributed by atoms with E-state index in [9.17, 15) is 4.79 Å². The molecule has 6 nitrogen and oxygen atoms in total. The van der Waals surface area contributed by atoms with Gasteiger partial charge in [0.25, 0.3) is 5.91 Å². The Balaban J connectivity index is 1.58. The standard InChI is InChI=1S/C15H17N3O3S/c19-15(11-1-4-16-5-2-11)18-13-3-6-20-8-14(13)21-7-12-9-22-10-17-12/h1-2,4-5,9-10,13-14H,3,6-8H2,(H,18,19)/t13-,14-/m1/s1. The highest BCUT2D eigenvalue weighted by Gasteiger charge is 2.28. The summed E-state index contributed by atoms with van der Waals surface area (Å²) in [5, 5.41) is 4.98. The van der Waals surface area contributed by atoms with Gasteiger partial charge in [0, 0.05) is 29.9 Å². The lowest BCUT2D eigenvalue weighted by Crippen LogP contribution is -2.49. The third kappa shape index (κ3) is 3.88. The van der Waals surface area contributed by atoms with Crippen molar-refractivity contribution in [2.75, 3.05) is 13.2 Å². The van der Waals surface area contributed by atoms with E-state index in [0.29, 0.717) is 25.4 Å². The van der Waals surface area contributed by atoms with Gasteiger partial charge in [0.15, 0.2) is 0 Å². The smallest absolute Gasteiger partial charge is 0.251 e. The van der Waals surface area contributed by atoms with Crippen molar-refractivity contribution >= 4 is 17.2 Å². The fourth-order valence-electron chi connectivity index (χ4n) is 2.30. The van der Waals surface area contributed by atoms with Crippen molar-refractivity contribution in [1.29, 1.82) is 0 Å². The first-order chi connectivity index (χ1) is 10.8. The van der Waals surface area contributed by atoms with E-state index in [-0.39, 0.29) is 18.1 Å². The van der Waals surface area contributed by atoms with Crippen molar-refractivity contribution in [3.05, 3.63) is 46.7 Å². The van der Waals surface area contributed by atoms with E-state index in [4.69, 9.17) is 9.47 Å². The summed E-state index contributed by atoms with van der Waals surface area (Å²) in [5.74, 6) is -0.114. The molecule has 1 aliphatic rings. The van der Waals surface area contributed by atoms with E-state index in [1.165, 1.54) is 11.3 Å². The fourth-order valence-corrected chi connectivity index (χ4v) is 2.84. The maximum atomic E-state index is 12.2. The Morgan fingerprint density at radius 1 is 1.45 bits per heavy atom. The van der Waals surface area contributed by atoms with Crippen molar-refractivity contribution in [3.63, 3.8) is 0 Å². The number of carbonyl (C=O) groups is 1. The average Bonchev–Trinajstić information content (AvgIpc) is 3.08. The number of aromatic nitrogens is 2. The lowest BCUT2D eigenvalue weighted by molar-refractivity contribution is -0.0742. The van der Waals surface area contributed by atoms with Crippen molar-refractivity contribution < 1.29 is 14.3 Å². The summed E-state index contributed by atoms with van der Waals surface area (Å²) >= 11 is 1.54. The molecule has 3 rings (SSSR count). The van der Waals surface area contributed by atoms with Crippen LogP contribution < -0.4 is 5.32 Å². The van der Waals surface area contributed by atoms with E-state index in [2.05, 4.69) is 15.3 Å². The van der Waals surface area contributed by atoms with Gasteiger partial charge in [-0.1, -0.05) is 0 Å². The van der Waals surface area contributed by atoms with Crippen LogP contribution in [0.1, 0.15) is 22.5 Å². The zero-order valence-corrected chi connectivity index (χ0v) is 12.8. The molecule has 2 atom stereocenters. The number of hydrogen-bond acceptors (Lipinski definition) is 6. The summed E-state index contributed by atoms with van der Waals surface area (Å²) < 4.78 is 11.3. The molecule has 3 heterocycles. The minimum atomic E-state index is -0.166. The van der Waals surface area contributed by atoms with Gasteiger partial charge in [-0.05, 0) is 18.6 Å². The third-order valence-corrected chi connectivity index (χ3v) is 4.13. The second kappa shape index (κ2) is 7.44. The van der Waals surface area contributed by atoms with Crippen LogP contribution in [0.4, 0.5) is 0 Å². The van der Waals surface area contributed by atoms with Gasteiger partial charge in [0.1, 0.15) is 6.10 Å². The number of hydrogen-bond donors (Lipinski definition) is 1. The number of amides is 1. The van der Waals surface area contributed by atoms with Crippen molar-refractivity contribution in [1.82, 2.24) is 15.3 Å². The number of thiazole rings is 1. The number of rotatable bonds is 5. The van der Waals surface area contributed by atoms with Crippen LogP contribution in [0.25, 0.3) is 0 Å². The number of ether oxygens (including phenoxy) is 2. The number of nitrogens with one attached hydrogen (secondary N) is 1. The Bertz CT molecular complexity index is 591. The first kappa shape index (κ1) is 15.1. The van der Waals surface area contributed by atoms with Crippen molar-refractivity contribution in [2.24, 2.45) is 0 Å². The van der Waals surface area contributed by atoms with Crippen LogP contribution in [0.2, 0.25) is 0 Å². The van der Waals surface area contributed by atoms with Crippen molar-refractivity contribution in [2.45, 2.75) is 25.2 Å². The fraction of sp³-hybridized carbons (Fsp3) is 0.400. The lowest BCUT2D eigenvalue weighted by Gasteiger charge is -2.32. The third-order valence-electron chi connectivity index (χ3n) is 3.49. The van der Waals surface area contributed by atoms with E-state index in [1.54, 1.807) is 30.0 Å². The average molecular weight is 319 g/mol. The Morgan fingerprint density at radius 3 is 3.09 bits per heavy atom. The monoisotopic (exact) mass is 319 g/mol. The molecule has 0 saturated carbocycles. The van der Waals surface area contributed by atoms with Gasteiger partial charge in [-0.25, -0.2) is 4.98 Å². The summed E-state index contributed by atoms with van der Waals surface area (Å²) in [6.07, 6.45) is 3.78. The number of carbonyl (C=O) groups excluding carboxylic acids is 1. The van der Waals surface area contributed by atoms with E-state index >= 15 is 0 Å². The van der Waals surface area contributed by atoms with Crippen LogP contribution in [-0.2, 0) is 16.1 Å². The molecule has 0 bridgehead atoms. The van der Waals surface area contributed by atoms with Crippen LogP contribution in [0.5, 0.6) is 0 Å². The number of pyridine rings is 1. The topological polar surface area (TPSA) is 73.3 Å². The SMILES string of the molecule is O=C(N[C@@H]1CCOC[C@H]1OCc1cscn1)c1ccncc1. The molecule has 0 radical (unpaired) electrons. The molecule has 1 saturated heterocycles. The summed E-state index contributed by atoms with van der Waals surface area (Å²) in [6.45, 7) is 1.53. The molecular formula is C15H17N3O3S. The lowest BCUT2D eigenvalue weighted by atomic mass is 10.1. The van der Waals surface area contributed by atoms with Gasteiger partial charge in [-0.15, -0.1) is 11.3 Å². The molecule has 0 spiro atoms. The Labute approximate surface area is 132 Å². The van der Waals surface area contributed by atoms with Crippen LogP contribution >= 0.6 is 11.3 Å². The highest BCUT2D eigenvalue weighted by Crippen LogP contribution is 2.15. The first-order valence-corrected chi connectivity index (χ1v) is 8.04. The van der Waals surface area contributed by atoms with Crippen molar-refractivity contribution in [3.8, 4) is 0 Å². The Hall–Kier alpha value is -1.83. The minimum absolute atomic E-state index is 0.0620. The summed E-state index contributed by atoms with van der Waals surface area (Å²) in [4.78, 5) is 20.4. The second-order valence-electron chi connectivity index (χ2n) is 5.01. The molecule has 2 aromatic rings. The normalized spacial score (nSPS) is 21.5. The maximum absolute atomic E-state index is 12.2. The zero-order chi connectivity index (χ0) is 15.2. The molecule has 1 N–H and O–H groups in total. The van der Waals surface area contributed by atoms with Crippen LogP contribution in [0, 0.1) is 0 Å². The molecule has 7 heteroatoms. The molecule has 116 valence electrons. The predicted molar refractivity (Wildman–Crippen MR) is 81.6 cm³/mol. The summed E-state index contributed by atoms with van der Waals surface area (Å²) in [7, 11) is 0.